The van der Waals surface area contributed by atoms with Gasteiger partial charge in [-0.25, -0.2) is 4.39 Å². The van der Waals surface area contributed by atoms with Crippen LogP contribution in [0.5, 0.6) is 5.75 Å². The van der Waals surface area contributed by atoms with Crippen molar-refractivity contribution in [3.05, 3.63) is 65.1 Å². The summed E-state index contributed by atoms with van der Waals surface area (Å²) in [6.45, 7) is 3.71. The molecule has 8 heteroatoms. The molecule has 0 aliphatic rings. The highest BCUT2D eigenvalue weighted by molar-refractivity contribution is 5.93. The summed E-state index contributed by atoms with van der Waals surface area (Å²) in [5, 5.41) is 6.65. The molecule has 1 aromatic heterocycles. The number of aromatic amines is 1. The van der Waals surface area contributed by atoms with Crippen LogP contribution in [0.1, 0.15) is 55.8 Å². The largest absolute Gasteiger partial charge is 0.497 e. The van der Waals surface area contributed by atoms with Gasteiger partial charge >= 0.3 is 0 Å². The maximum Gasteiger partial charge on any atom is 0.242 e. The molecule has 0 fully saturated rings. The van der Waals surface area contributed by atoms with Gasteiger partial charge in [-0.2, -0.15) is 0 Å². The van der Waals surface area contributed by atoms with Crippen LogP contribution in [-0.2, 0) is 27.3 Å². The Morgan fingerprint density at radius 1 is 1.06 bits per heavy atom. The van der Waals surface area contributed by atoms with Crippen LogP contribution in [0.2, 0.25) is 0 Å². The second kappa shape index (κ2) is 12.9. The van der Waals surface area contributed by atoms with Gasteiger partial charge in [0.25, 0.3) is 0 Å². The number of benzene rings is 2. The zero-order valence-corrected chi connectivity index (χ0v) is 21.1. The Bertz CT molecular complexity index is 1200. The maximum atomic E-state index is 13.2. The number of halogens is 1. The van der Waals surface area contributed by atoms with Gasteiger partial charge in [0, 0.05) is 29.6 Å². The lowest BCUT2D eigenvalue weighted by Crippen LogP contribution is -2.47. The molecule has 0 bridgehead atoms. The van der Waals surface area contributed by atoms with E-state index in [0.717, 1.165) is 40.6 Å². The van der Waals surface area contributed by atoms with E-state index in [4.69, 9.17) is 4.74 Å². The smallest absolute Gasteiger partial charge is 0.242 e. The number of hydrogen-bond acceptors (Lipinski definition) is 4. The number of H-pyrrole nitrogens is 1. The summed E-state index contributed by atoms with van der Waals surface area (Å²) in [6.07, 6.45) is 3.33. The molecule has 0 spiro atoms. The number of Topliss-reactive ketones (excluding diaryl/α,β-unsaturated/α-hetero) is 1. The van der Waals surface area contributed by atoms with Crippen LogP contribution >= 0.6 is 0 Å². The van der Waals surface area contributed by atoms with E-state index >= 15 is 0 Å². The fraction of sp³-hybridized carbons (Fsp3) is 0.393. The third kappa shape index (κ3) is 7.66. The number of nitrogens with one attached hydrogen (secondary N) is 3. The number of methoxy groups -OCH3 is 1. The molecule has 3 aromatic rings. The monoisotopic (exact) mass is 495 g/mol. The number of carbonyl (C=O) groups excluding carboxylic acids is 3. The molecule has 0 saturated heterocycles. The van der Waals surface area contributed by atoms with Crippen molar-refractivity contribution in [2.45, 2.75) is 65.0 Å². The topological polar surface area (TPSA) is 100 Å². The minimum absolute atomic E-state index is 0.116. The molecular formula is C28H34FN3O4. The second-order valence-corrected chi connectivity index (χ2v) is 9.08. The lowest BCUT2D eigenvalue weighted by Gasteiger charge is -2.19. The van der Waals surface area contributed by atoms with Gasteiger partial charge in [0.1, 0.15) is 23.4 Å². The Hall–Kier alpha value is -3.68. The van der Waals surface area contributed by atoms with Gasteiger partial charge in [-0.05, 0) is 68.1 Å². The number of ketones is 1. The molecule has 0 aliphatic carbocycles. The normalized spacial score (nSPS) is 11.8. The van der Waals surface area contributed by atoms with Gasteiger partial charge in [-0.15, -0.1) is 0 Å². The molecule has 0 saturated carbocycles. The third-order valence-electron chi connectivity index (χ3n) is 6.22. The number of aromatic nitrogens is 1. The summed E-state index contributed by atoms with van der Waals surface area (Å²) < 4.78 is 18.5. The van der Waals surface area contributed by atoms with Gasteiger partial charge in [-0.3, -0.25) is 9.59 Å². The average Bonchev–Trinajstić information content (AvgIpc) is 3.16. The molecule has 36 heavy (non-hydrogen) atoms. The van der Waals surface area contributed by atoms with Crippen molar-refractivity contribution in [3.63, 3.8) is 0 Å². The lowest BCUT2D eigenvalue weighted by molar-refractivity contribution is -0.129. The zero-order chi connectivity index (χ0) is 26.1. The van der Waals surface area contributed by atoms with E-state index in [1.165, 1.54) is 12.1 Å². The number of ether oxygens (including phenoxy) is 1. The van der Waals surface area contributed by atoms with E-state index in [2.05, 4.69) is 15.6 Å². The summed E-state index contributed by atoms with van der Waals surface area (Å²) in [4.78, 5) is 40.5. The maximum absolute atomic E-state index is 13.2. The highest BCUT2D eigenvalue weighted by Gasteiger charge is 2.22. The molecular weight excluding hydrogens is 461 g/mol. The summed E-state index contributed by atoms with van der Waals surface area (Å²) in [5.41, 5.74) is 3.41. The van der Waals surface area contributed by atoms with E-state index in [-0.39, 0.29) is 36.4 Å². The van der Waals surface area contributed by atoms with Gasteiger partial charge in [0.2, 0.25) is 11.8 Å². The van der Waals surface area contributed by atoms with Crippen LogP contribution in [-0.4, -0.2) is 35.7 Å². The van der Waals surface area contributed by atoms with Crippen LogP contribution in [0, 0.1) is 12.7 Å². The predicted octanol–water partition coefficient (Wildman–Crippen LogP) is 4.51. The Balaban J connectivity index is 1.66. The predicted molar refractivity (Wildman–Crippen MR) is 137 cm³/mol. The first-order chi connectivity index (χ1) is 17.3. The summed E-state index contributed by atoms with van der Waals surface area (Å²) in [7, 11) is 1.60. The first kappa shape index (κ1) is 26.9. The number of fused-ring (bicyclic) bond motifs is 1. The van der Waals surface area contributed by atoms with Crippen LogP contribution in [0.4, 0.5) is 4.39 Å². The summed E-state index contributed by atoms with van der Waals surface area (Å²) >= 11 is 0. The average molecular weight is 496 g/mol. The van der Waals surface area contributed by atoms with E-state index in [9.17, 15) is 18.8 Å². The Kier molecular flexibility index (Phi) is 9.61. The molecule has 3 N–H and O–H groups in total. The van der Waals surface area contributed by atoms with Gasteiger partial charge in [0.05, 0.1) is 13.5 Å². The third-order valence-corrected chi connectivity index (χ3v) is 6.22. The van der Waals surface area contributed by atoms with E-state index in [1.54, 1.807) is 26.2 Å². The number of hydrogen-bond donors (Lipinski definition) is 3. The van der Waals surface area contributed by atoms with Crippen molar-refractivity contribution in [3.8, 4) is 5.75 Å². The fourth-order valence-corrected chi connectivity index (χ4v) is 4.20. The lowest BCUT2D eigenvalue weighted by atomic mass is 10.0. The van der Waals surface area contributed by atoms with Crippen molar-refractivity contribution in [1.82, 2.24) is 15.6 Å². The van der Waals surface area contributed by atoms with Gasteiger partial charge in [0.15, 0.2) is 0 Å². The van der Waals surface area contributed by atoms with Gasteiger partial charge < -0.3 is 25.1 Å². The molecule has 0 aliphatic heterocycles. The highest BCUT2D eigenvalue weighted by Crippen LogP contribution is 2.26. The highest BCUT2D eigenvalue weighted by atomic mass is 19.1. The fourth-order valence-electron chi connectivity index (χ4n) is 4.20. The number of amides is 2. The number of unbranched alkanes of at least 4 members (excludes halogenated alkanes) is 2. The second-order valence-electron chi connectivity index (χ2n) is 9.08. The van der Waals surface area contributed by atoms with Crippen LogP contribution in [0.15, 0.2) is 42.5 Å². The molecule has 1 unspecified atom stereocenters. The van der Waals surface area contributed by atoms with Crippen molar-refractivity contribution < 1.29 is 23.5 Å². The van der Waals surface area contributed by atoms with Crippen molar-refractivity contribution in [1.29, 1.82) is 0 Å². The molecule has 1 heterocycles. The van der Waals surface area contributed by atoms with Crippen molar-refractivity contribution in [2.24, 2.45) is 0 Å². The minimum atomic E-state index is -0.713. The Labute approximate surface area is 210 Å². The first-order valence-corrected chi connectivity index (χ1v) is 12.2. The quantitative estimate of drug-likeness (QED) is 0.304. The molecule has 2 aromatic carbocycles. The zero-order valence-electron chi connectivity index (χ0n) is 21.1. The molecule has 1 atom stereocenters. The number of carbonyl (C=O) groups is 3. The Morgan fingerprint density at radius 3 is 2.50 bits per heavy atom. The van der Waals surface area contributed by atoms with E-state index < -0.39 is 6.04 Å². The molecule has 3 rings (SSSR count). The molecule has 7 nitrogen and oxygen atoms in total. The first-order valence-electron chi connectivity index (χ1n) is 12.2. The number of aryl methyl sites for hydroxylation is 1. The van der Waals surface area contributed by atoms with Crippen LogP contribution < -0.4 is 15.4 Å². The van der Waals surface area contributed by atoms with E-state index in [1.807, 2.05) is 25.1 Å². The standard InChI is InChI=1S/C28H34FN3O4/c1-18(33)7-5-4-6-8-26(28(35)30-17-20-9-11-21(29)12-10-20)32-27(34)16-23-19(2)31-25-14-13-22(36-3)15-24(23)25/h9-15,26,31H,4-8,16-17H2,1-3H3,(H,30,35)(H,32,34). The van der Waals surface area contributed by atoms with Crippen LogP contribution in [0.25, 0.3) is 10.9 Å². The minimum Gasteiger partial charge on any atom is -0.497 e. The van der Waals surface area contributed by atoms with Gasteiger partial charge in [-0.1, -0.05) is 25.0 Å². The molecule has 192 valence electrons. The van der Waals surface area contributed by atoms with Crippen molar-refractivity contribution >= 4 is 28.5 Å². The molecule has 2 amide bonds. The summed E-state index contributed by atoms with van der Waals surface area (Å²) in [5.74, 6) is -0.0515. The van der Waals surface area contributed by atoms with E-state index in [0.29, 0.717) is 25.0 Å². The van der Waals surface area contributed by atoms with Crippen LogP contribution in [0.3, 0.4) is 0 Å². The SMILES string of the molecule is COc1ccc2[nH]c(C)c(CC(=O)NC(CCCCCC(C)=O)C(=O)NCc3ccc(F)cc3)c2c1. The van der Waals surface area contributed by atoms with Crippen molar-refractivity contribution in [2.75, 3.05) is 7.11 Å². The number of rotatable bonds is 13. The molecule has 0 radical (unpaired) electrons. The summed E-state index contributed by atoms with van der Waals surface area (Å²) in [6, 6.07) is 10.9. The Morgan fingerprint density at radius 2 is 1.81 bits per heavy atom.